The Morgan fingerprint density at radius 3 is 2.08 bits per heavy atom. The van der Waals surface area contributed by atoms with Crippen molar-refractivity contribution in [2.45, 2.75) is 18.4 Å². The first-order chi connectivity index (χ1) is 12.0. The summed E-state index contributed by atoms with van der Waals surface area (Å²) < 4.78 is 11.1. The molecule has 0 unspecified atom stereocenters. The molecule has 0 radical (unpaired) electrons. The van der Waals surface area contributed by atoms with Gasteiger partial charge < -0.3 is 14.0 Å². The van der Waals surface area contributed by atoms with E-state index in [1.54, 1.807) is 6.20 Å². The first kappa shape index (κ1) is 17.0. The molecule has 0 saturated heterocycles. The van der Waals surface area contributed by atoms with Gasteiger partial charge in [-0.3, -0.25) is 14.4 Å². The van der Waals surface area contributed by atoms with Crippen molar-refractivity contribution in [2.24, 2.45) is 5.92 Å². The average Bonchev–Trinajstić information content (AvgIpc) is 3.31. The molecule has 0 spiro atoms. The van der Waals surface area contributed by atoms with Gasteiger partial charge in [0.15, 0.2) is 5.78 Å². The molecular weight excluding hydrogens is 322 g/mol. The zero-order valence-corrected chi connectivity index (χ0v) is 14.1. The number of Topliss-reactive ketones (excluding diaryl/α,β-unsaturated/α-hetero) is 1. The summed E-state index contributed by atoms with van der Waals surface area (Å²) in [5.74, 6) is -3.84. The molecule has 2 aromatic rings. The molecule has 1 saturated carbocycles. The van der Waals surface area contributed by atoms with Gasteiger partial charge in [0.1, 0.15) is 5.54 Å². The number of nitrogens with zero attached hydrogens (tertiary/aromatic N) is 1. The minimum Gasteiger partial charge on any atom is -0.468 e. The van der Waals surface area contributed by atoms with E-state index in [2.05, 4.69) is 9.47 Å². The first-order valence-corrected chi connectivity index (χ1v) is 7.98. The maximum Gasteiger partial charge on any atom is 0.327 e. The SMILES string of the molecule is COC(=O)C(C(=O)OC)C(=O)C1(n2cccc2-c2ccccc2)CC1. The van der Waals surface area contributed by atoms with E-state index in [4.69, 9.17) is 0 Å². The fourth-order valence-electron chi connectivity index (χ4n) is 3.14. The van der Waals surface area contributed by atoms with Crippen LogP contribution in [-0.2, 0) is 29.4 Å². The number of methoxy groups -OCH3 is 2. The van der Waals surface area contributed by atoms with Crippen LogP contribution in [-0.4, -0.2) is 36.5 Å². The lowest BCUT2D eigenvalue weighted by molar-refractivity contribution is -0.162. The normalized spacial score (nSPS) is 14.8. The van der Waals surface area contributed by atoms with Gasteiger partial charge >= 0.3 is 11.9 Å². The van der Waals surface area contributed by atoms with Gasteiger partial charge in [0.25, 0.3) is 0 Å². The summed E-state index contributed by atoms with van der Waals surface area (Å²) in [6.45, 7) is 0. The molecule has 1 aromatic heterocycles. The van der Waals surface area contributed by atoms with Crippen LogP contribution in [0.3, 0.4) is 0 Å². The van der Waals surface area contributed by atoms with E-state index < -0.39 is 29.2 Å². The van der Waals surface area contributed by atoms with Crippen molar-refractivity contribution in [2.75, 3.05) is 14.2 Å². The fourth-order valence-corrected chi connectivity index (χ4v) is 3.14. The summed E-state index contributed by atoms with van der Waals surface area (Å²) in [6, 6.07) is 13.4. The molecule has 1 fully saturated rings. The van der Waals surface area contributed by atoms with Gasteiger partial charge in [0, 0.05) is 11.9 Å². The second kappa shape index (κ2) is 6.55. The largest absolute Gasteiger partial charge is 0.468 e. The molecule has 6 nitrogen and oxygen atoms in total. The highest BCUT2D eigenvalue weighted by molar-refractivity contribution is 6.18. The lowest BCUT2D eigenvalue weighted by Gasteiger charge is -2.23. The molecule has 0 amide bonds. The van der Waals surface area contributed by atoms with Crippen LogP contribution in [0.4, 0.5) is 0 Å². The van der Waals surface area contributed by atoms with Crippen molar-refractivity contribution >= 4 is 17.7 Å². The van der Waals surface area contributed by atoms with Gasteiger partial charge in [-0.15, -0.1) is 0 Å². The molecule has 130 valence electrons. The number of rotatable bonds is 6. The molecule has 6 heteroatoms. The lowest BCUT2D eigenvalue weighted by atomic mass is 9.95. The Hall–Kier alpha value is -2.89. The van der Waals surface area contributed by atoms with Crippen LogP contribution in [0.15, 0.2) is 48.7 Å². The minimum absolute atomic E-state index is 0.486. The van der Waals surface area contributed by atoms with Gasteiger partial charge in [-0.2, -0.15) is 0 Å². The second-order valence-corrected chi connectivity index (χ2v) is 6.00. The number of ketones is 1. The highest BCUT2D eigenvalue weighted by Crippen LogP contribution is 2.48. The van der Waals surface area contributed by atoms with Gasteiger partial charge in [-0.1, -0.05) is 30.3 Å². The lowest BCUT2D eigenvalue weighted by Crippen LogP contribution is -2.42. The van der Waals surface area contributed by atoms with Crippen molar-refractivity contribution in [3.05, 3.63) is 48.7 Å². The van der Waals surface area contributed by atoms with E-state index in [1.165, 1.54) is 0 Å². The standard InChI is InChI=1S/C19H19NO5/c1-24-17(22)15(18(23)25-2)16(21)19(10-11-19)20-12-6-9-14(20)13-7-4-3-5-8-13/h3-9,12,15H,10-11H2,1-2H3. The number of carbonyl (C=O) groups is 3. The van der Waals surface area contributed by atoms with Crippen LogP contribution >= 0.6 is 0 Å². The minimum atomic E-state index is -1.57. The maximum atomic E-state index is 13.1. The molecule has 1 aromatic carbocycles. The van der Waals surface area contributed by atoms with E-state index >= 15 is 0 Å². The van der Waals surface area contributed by atoms with Gasteiger partial charge in [-0.05, 0) is 30.5 Å². The topological polar surface area (TPSA) is 74.6 Å². The molecule has 1 heterocycles. The number of hydrogen-bond donors (Lipinski definition) is 0. The Balaban J connectivity index is 2.01. The number of esters is 2. The van der Waals surface area contributed by atoms with Crippen LogP contribution in [0.25, 0.3) is 11.3 Å². The molecule has 0 N–H and O–H groups in total. The summed E-state index contributed by atoms with van der Waals surface area (Å²) >= 11 is 0. The van der Waals surface area contributed by atoms with Crippen molar-refractivity contribution in [1.82, 2.24) is 4.57 Å². The molecular formula is C19H19NO5. The molecule has 1 aliphatic rings. The van der Waals surface area contributed by atoms with Crippen molar-refractivity contribution in [3.8, 4) is 11.3 Å². The molecule has 0 aliphatic heterocycles. The summed E-state index contributed by atoms with van der Waals surface area (Å²) in [5, 5.41) is 0. The second-order valence-electron chi connectivity index (χ2n) is 6.00. The number of hydrogen-bond acceptors (Lipinski definition) is 5. The molecule has 3 rings (SSSR count). The first-order valence-electron chi connectivity index (χ1n) is 7.98. The van der Waals surface area contributed by atoms with E-state index in [1.807, 2.05) is 47.0 Å². The molecule has 0 atom stereocenters. The van der Waals surface area contributed by atoms with Gasteiger partial charge in [0.05, 0.1) is 14.2 Å². The number of ether oxygens (including phenoxy) is 2. The number of aromatic nitrogens is 1. The fraction of sp³-hybridized carbons (Fsp3) is 0.316. The van der Waals surface area contributed by atoms with E-state index in [-0.39, 0.29) is 0 Å². The highest BCUT2D eigenvalue weighted by atomic mass is 16.5. The third kappa shape index (κ3) is 2.84. The molecule has 0 bridgehead atoms. The summed E-state index contributed by atoms with van der Waals surface area (Å²) in [6.07, 6.45) is 2.93. The summed E-state index contributed by atoms with van der Waals surface area (Å²) in [7, 11) is 2.30. The molecule has 1 aliphatic carbocycles. The third-order valence-corrected chi connectivity index (χ3v) is 4.60. The van der Waals surface area contributed by atoms with Crippen LogP contribution in [0.5, 0.6) is 0 Å². The predicted octanol–water partition coefficient (Wildman–Crippen LogP) is 2.18. The number of benzene rings is 1. The Bertz CT molecular complexity index is 788. The van der Waals surface area contributed by atoms with E-state index in [0.29, 0.717) is 12.8 Å². The van der Waals surface area contributed by atoms with Gasteiger partial charge in [-0.25, -0.2) is 0 Å². The average molecular weight is 341 g/mol. The van der Waals surface area contributed by atoms with Crippen molar-refractivity contribution in [1.29, 1.82) is 0 Å². The highest BCUT2D eigenvalue weighted by Gasteiger charge is 2.57. The van der Waals surface area contributed by atoms with Crippen LogP contribution in [0, 0.1) is 5.92 Å². The summed E-state index contributed by atoms with van der Waals surface area (Å²) in [4.78, 5) is 37.1. The number of carbonyl (C=O) groups excluding carboxylic acids is 3. The van der Waals surface area contributed by atoms with E-state index in [0.717, 1.165) is 25.5 Å². The maximum absolute atomic E-state index is 13.1. The van der Waals surface area contributed by atoms with Crippen molar-refractivity contribution in [3.63, 3.8) is 0 Å². The zero-order chi connectivity index (χ0) is 18.0. The Kier molecular flexibility index (Phi) is 4.44. The Morgan fingerprint density at radius 2 is 1.56 bits per heavy atom. The van der Waals surface area contributed by atoms with Gasteiger partial charge in [0.2, 0.25) is 5.92 Å². The molecule has 25 heavy (non-hydrogen) atoms. The summed E-state index contributed by atoms with van der Waals surface area (Å²) in [5.41, 5.74) is 0.904. The monoisotopic (exact) mass is 341 g/mol. The van der Waals surface area contributed by atoms with Crippen LogP contribution < -0.4 is 0 Å². The smallest absolute Gasteiger partial charge is 0.327 e. The Labute approximate surface area is 145 Å². The third-order valence-electron chi connectivity index (χ3n) is 4.60. The zero-order valence-electron chi connectivity index (χ0n) is 14.1. The van der Waals surface area contributed by atoms with Crippen molar-refractivity contribution < 1.29 is 23.9 Å². The predicted molar refractivity (Wildman–Crippen MR) is 89.6 cm³/mol. The van der Waals surface area contributed by atoms with Crippen LogP contribution in [0.1, 0.15) is 12.8 Å². The Morgan fingerprint density at radius 1 is 0.960 bits per heavy atom. The van der Waals surface area contributed by atoms with E-state index in [9.17, 15) is 14.4 Å². The van der Waals surface area contributed by atoms with Crippen LogP contribution in [0.2, 0.25) is 0 Å². The quantitative estimate of drug-likeness (QED) is 0.595.